The van der Waals surface area contributed by atoms with Crippen LogP contribution in [0.25, 0.3) is 0 Å². The van der Waals surface area contributed by atoms with Crippen molar-refractivity contribution in [3.8, 4) is 0 Å². The number of anilines is 1. The molecule has 148 valence electrons. The molecule has 28 heavy (non-hydrogen) atoms. The Morgan fingerprint density at radius 1 is 1.25 bits per heavy atom. The zero-order chi connectivity index (χ0) is 19.7. The second-order valence-corrected chi connectivity index (χ2v) is 7.68. The van der Waals surface area contributed by atoms with Crippen LogP contribution in [0.15, 0.2) is 47.1 Å². The highest BCUT2D eigenvalue weighted by Crippen LogP contribution is 2.34. The summed E-state index contributed by atoms with van der Waals surface area (Å²) in [5, 5.41) is 6.43. The van der Waals surface area contributed by atoms with Gasteiger partial charge < -0.3 is 19.5 Å². The van der Waals surface area contributed by atoms with Crippen molar-refractivity contribution in [2.45, 2.75) is 44.9 Å². The maximum absolute atomic E-state index is 12.7. The Labute approximate surface area is 164 Å². The lowest BCUT2D eigenvalue weighted by molar-refractivity contribution is -0.134. The molecule has 3 amide bonds. The number of carbonyl (C=O) groups excluding carboxylic acids is 2. The Morgan fingerprint density at radius 3 is 2.61 bits per heavy atom. The van der Waals surface area contributed by atoms with Crippen molar-refractivity contribution in [1.29, 1.82) is 0 Å². The third kappa shape index (κ3) is 3.49. The number of amides is 3. The van der Waals surface area contributed by atoms with E-state index < -0.39 is 5.66 Å². The summed E-state index contributed by atoms with van der Waals surface area (Å²) in [7, 11) is 0. The summed E-state index contributed by atoms with van der Waals surface area (Å²) < 4.78 is 5.45. The van der Waals surface area contributed by atoms with E-state index in [0.29, 0.717) is 32.5 Å². The summed E-state index contributed by atoms with van der Waals surface area (Å²) in [5.74, 6) is 0.845. The van der Waals surface area contributed by atoms with Crippen LogP contribution in [0.4, 0.5) is 10.5 Å². The molecule has 1 spiro atoms. The van der Waals surface area contributed by atoms with E-state index in [1.165, 1.54) is 0 Å². The van der Waals surface area contributed by atoms with Crippen molar-refractivity contribution in [2.24, 2.45) is 0 Å². The lowest BCUT2D eigenvalue weighted by Crippen LogP contribution is -2.59. The number of aryl methyl sites for hydroxylation is 1. The van der Waals surface area contributed by atoms with Crippen LogP contribution in [-0.2, 0) is 11.3 Å². The van der Waals surface area contributed by atoms with E-state index in [1.54, 1.807) is 6.26 Å². The standard InChI is InChI=1S/C21H26N4O3/c1-15-5-7-17(8-6-15)22-20(27)24-11-9-21(10-12-24)23-16(2)19(26)25(21)14-18-4-3-13-28-18/h3-8,13,16,23H,9-12,14H2,1-2H3,(H,22,27). The van der Waals surface area contributed by atoms with Crippen molar-refractivity contribution in [2.75, 3.05) is 18.4 Å². The number of hydrogen-bond donors (Lipinski definition) is 2. The molecule has 7 nitrogen and oxygen atoms in total. The maximum Gasteiger partial charge on any atom is 0.321 e. The topological polar surface area (TPSA) is 77.8 Å². The number of furan rings is 1. The van der Waals surface area contributed by atoms with Gasteiger partial charge in [-0.3, -0.25) is 10.1 Å². The first-order valence-electron chi connectivity index (χ1n) is 9.71. The van der Waals surface area contributed by atoms with Crippen LogP contribution >= 0.6 is 0 Å². The van der Waals surface area contributed by atoms with Gasteiger partial charge in [0, 0.05) is 31.6 Å². The summed E-state index contributed by atoms with van der Waals surface area (Å²) in [6.45, 7) is 5.52. The Bertz CT molecular complexity index is 839. The Hall–Kier alpha value is -2.80. The summed E-state index contributed by atoms with van der Waals surface area (Å²) >= 11 is 0. The Kier molecular flexibility index (Phi) is 4.85. The third-order valence-corrected chi connectivity index (χ3v) is 5.71. The lowest BCUT2D eigenvalue weighted by Gasteiger charge is -2.44. The second-order valence-electron chi connectivity index (χ2n) is 7.68. The fourth-order valence-electron chi connectivity index (χ4n) is 4.11. The average molecular weight is 382 g/mol. The molecule has 2 aliphatic heterocycles. The van der Waals surface area contributed by atoms with E-state index in [0.717, 1.165) is 17.0 Å². The molecule has 0 saturated carbocycles. The van der Waals surface area contributed by atoms with Crippen LogP contribution < -0.4 is 10.6 Å². The molecule has 1 aromatic carbocycles. The number of piperidine rings is 1. The van der Waals surface area contributed by atoms with E-state index in [9.17, 15) is 9.59 Å². The molecule has 1 aromatic heterocycles. The highest BCUT2D eigenvalue weighted by molar-refractivity contribution is 5.89. The highest BCUT2D eigenvalue weighted by atomic mass is 16.3. The molecule has 0 radical (unpaired) electrons. The molecular formula is C21H26N4O3. The van der Waals surface area contributed by atoms with Gasteiger partial charge in [-0.15, -0.1) is 0 Å². The van der Waals surface area contributed by atoms with Crippen LogP contribution in [0.2, 0.25) is 0 Å². The number of urea groups is 1. The van der Waals surface area contributed by atoms with Gasteiger partial charge in [0.15, 0.2) is 0 Å². The Balaban J connectivity index is 1.42. The largest absolute Gasteiger partial charge is 0.467 e. The smallest absolute Gasteiger partial charge is 0.321 e. The first-order valence-corrected chi connectivity index (χ1v) is 9.71. The molecule has 2 saturated heterocycles. The molecule has 7 heteroatoms. The van der Waals surface area contributed by atoms with Crippen LogP contribution in [-0.4, -0.2) is 46.5 Å². The van der Waals surface area contributed by atoms with Gasteiger partial charge in [0.05, 0.1) is 24.5 Å². The van der Waals surface area contributed by atoms with E-state index >= 15 is 0 Å². The number of hydrogen-bond acceptors (Lipinski definition) is 4. The average Bonchev–Trinajstić information content (AvgIpc) is 3.28. The summed E-state index contributed by atoms with van der Waals surface area (Å²) in [4.78, 5) is 29.0. The number of carbonyl (C=O) groups is 2. The minimum absolute atomic E-state index is 0.0777. The van der Waals surface area contributed by atoms with Crippen molar-refractivity contribution < 1.29 is 14.0 Å². The summed E-state index contributed by atoms with van der Waals surface area (Å²) in [6, 6.07) is 11.1. The van der Waals surface area contributed by atoms with Gasteiger partial charge in [0.25, 0.3) is 0 Å². The van der Waals surface area contributed by atoms with E-state index in [4.69, 9.17) is 4.42 Å². The van der Waals surface area contributed by atoms with Gasteiger partial charge in [0.1, 0.15) is 5.76 Å². The molecule has 0 bridgehead atoms. The van der Waals surface area contributed by atoms with E-state index in [2.05, 4.69) is 10.6 Å². The van der Waals surface area contributed by atoms with Gasteiger partial charge in [-0.05, 0) is 38.1 Å². The van der Waals surface area contributed by atoms with Gasteiger partial charge >= 0.3 is 6.03 Å². The molecule has 4 rings (SSSR count). The zero-order valence-corrected chi connectivity index (χ0v) is 16.3. The van der Waals surface area contributed by atoms with Crippen LogP contribution in [0.3, 0.4) is 0 Å². The molecule has 1 unspecified atom stereocenters. The van der Waals surface area contributed by atoms with Crippen LogP contribution in [0.1, 0.15) is 31.1 Å². The molecule has 0 aliphatic carbocycles. The summed E-state index contributed by atoms with van der Waals surface area (Å²) in [5.41, 5.74) is 1.52. The van der Waals surface area contributed by atoms with Crippen molar-refractivity contribution in [3.63, 3.8) is 0 Å². The minimum Gasteiger partial charge on any atom is -0.467 e. The van der Waals surface area contributed by atoms with Gasteiger partial charge in [0.2, 0.25) is 5.91 Å². The van der Waals surface area contributed by atoms with E-state index in [1.807, 2.05) is 60.0 Å². The molecule has 2 fully saturated rings. The molecule has 2 N–H and O–H groups in total. The number of rotatable bonds is 3. The monoisotopic (exact) mass is 382 g/mol. The fourth-order valence-corrected chi connectivity index (χ4v) is 4.11. The zero-order valence-electron chi connectivity index (χ0n) is 16.3. The van der Waals surface area contributed by atoms with Gasteiger partial charge in [-0.2, -0.15) is 0 Å². The normalized spacial score (nSPS) is 21.4. The van der Waals surface area contributed by atoms with Crippen molar-refractivity contribution >= 4 is 17.6 Å². The quantitative estimate of drug-likeness (QED) is 0.856. The van der Waals surface area contributed by atoms with Crippen molar-refractivity contribution in [3.05, 3.63) is 54.0 Å². The molecule has 3 heterocycles. The number of benzene rings is 1. The fraction of sp³-hybridized carbons (Fsp3) is 0.429. The van der Waals surface area contributed by atoms with Crippen LogP contribution in [0.5, 0.6) is 0 Å². The summed E-state index contributed by atoms with van der Waals surface area (Å²) in [6.07, 6.45) is 2.99. The maximum atomic E-state index is 12.7. The lowest BCUT2D eigenvalue weighted by atomic mass is 9.96. The molecule has 2 aliphatic rings. The number of nitrogens with zero attached hydrogens (tertiary/aromatic N) is 2. The van der Waals surface area contributed by atoms with Gasteiger partial charge in [-0.1, -0.05) is 17.7 Å². The van der Waals surface area contributed by atoms with Crippen LogP contribution in [0, 0.1) is 6.92 Å². The predicted octanol–water partition coefficient (Wildman–Crippen LogP) is 2.93. The first kappa shape index (κ1) is 18.6. The predicted molar refractivity (Wildman–Crippen MR) is 106 cm³/mol. The minimum atomic E-state index is -0.427. The van der Waals surface area contributed by atoms with E-state index in [-0.39, 0.29) is 18.0 Å². The van der Waals surface area contributed by atoms with Gasteiger partial charge in [-0.25, -0.2) is 4.79 Å². The first-order chi connectivity index (χ1) is 13.5. The molecule has 1 atom stereocenters. The molecule has 2 aromatic rings. The number of nitrogens with one attached hydrogen (secondary N) is 2. The van der Waals surface area contributed by atoms with Crippen molar-refractivity contribution in [1.82, 2.24) is 15.1 Å². The second kappa shape index (κ2) is 7.31. The number of likely N-dealkylation sites (tertiary alicyclic amines) is 1. The highest BCUT2D eigenvalue weighted by Gasteiger charge is 2.50. The Morgan fingerprint density at radius 2 is 1.96 bits per heavy atom. The molecular weight excluding hydrogens is 356 g/mol. The third-order valence-electron chi connectivity index (χ3n) is 5.71. The SMILES string of the molecule is Cc1ccc(NC(=O)N2CCC3(CC2)NC(C)C(=O)N3Cc2ccco2)cc1.